The van der Waals surface area contributed by atoms with E-state index in [0.717, 1.165) is 5.56 Å². The third-order valence-corrected chi connectivity index (χ3v) is 5.78. The first kappa shape index (κ1) is 20.9. The van der Waals surface area contributed by atoms with Gasteiger partial charge in [0.15, 0.2) is 9.84 Å². The Hall–Kier alpha value is -2.41. The molecular formula is C20H26N2O4S. The molecule has 1 aromatic heterocycles. The molecule has 0 aliphatic heterocycles. The maximum Gasteiger partial charge on any atom is 0.223 e. The smallest absolute Gasteiger partial charge is 0.223 e. The first-order valence-corrected chi connectivity index (χ1v) is 10.6. The molecule has 0 saturated heterocycles. The summed E-state index contributed by atoms with van der Waals surface area (Å²) in [5.41, 5.74) is 1.08. The third kappa shape index (κ3) is 6.67. The van der Waals surface area contributed by atoms with Crippen LogP contribution in [0.4, 0.5) is 0 Å². The number of carbonyl (C=O) groups excluding carboxylic acids is 1. The summed E-state index contributed by atoms with van der Waals surface area (Å²) in [7, 11) is -1.82. The van der Waals surface area contributed by atoms with Gasteiger partial charge in [-0.15, -0.1) is 0 Å². The zero-order chi connectivity index (χ0) is 19.9. The number of hydrogen-bond donors (Lipinski definition) is 0. The molecule has 2 aromatic rings. The molecule has 146 valence electrons. The van der Waals surface area contributed by atoms with E-state index in [0.29, 0.717) is 18.7 Å². The zero-order valence-electron chi connectivity index (χ0n) is 16.0. The summed E-state index contributed by atoms with van der Waals surface area (Å²) in [6, 6.07) is 10.1. The van der Waals surface area contributed by atoms with Gasteiger partial charge in [-0.1, -0.05) is 0 Å². The van der Waals surface area contributed by atoms with Gasteiger partial charge in [0.25, 0.3) is 0 Å². The van der Waals surface area contributed by atoms with Crippen molar-refractivity contribution in [2.75, 3.05) is 19.3 Å². The van der Waals surface area contributed by atoms with Crippen LogP contribution in [0.3, 0.4) is 0 Å². The molecular weight excluding hydrogens is 364 g/mol. The standard InChI is InChI=1S/C20H26N2O4S/c1-16(2)26-18-4-6-19(7-5-18)27(24,25)15-11-20(23)22(3)14-10-17-8-12-21-13-9-17/h4-9,12-13,16H,10-11,14-15H2,1-3H3. The van der Waals surface area contributed by atoms with Crippen molar-refractivity contribution in [1.29, 1.82) is 0 Å². The van der Waals surface area contributed by atoms with E-state index < -0.39 is 9.84 Å². The number of carbonyl (C=O) groups is 1. The molecule has 0 unspecified atom stereocenters. The molecule has 0 atom stereocenters. The van der Waals surface area contributed by atoms with Gasteiger partial charge in [-0.2, -0.15) is 0 Å². The molecule has 6 nitrogen and oxygen atoms in total. The third-order valence-electron chi connectivity index (χ3n) is 4.05. The van der Waals surface area contributed by atoms with Gasteiger partial charge in [0.2, 0.25) is 5.91 Å². The lowest BCUT2D eigenvalue weighted by Gasteiger charge is -2.17. The van der Waals surface area contributed by atoms with E-state index in [1.165, 1.54) is 12.1 Å². The van der Waals surface area contributed by atoms with Crippen LogP contribution in [0.5, 0.6) is 5.75 Å². The van der Waals surface area contributed by atoms with E-state index >= 15 is 0 Å². The second-order valence-electron chi connectivity index (χ2n) is 6.63. The van der Waals surface area contributed by atoms with Gasteiger partial charge in [-0.05, 0) is 62.2 Å². The lowest BCUT2D eigenvalue weighted by molar-refractivity contribution is -0.129. The fraction of sp³-hybridized carbons (Fsp3) is 0.400. The summed E-state index contributed by atoms with van der Waals surface area (Å²) in [4.78, 5) is 18.0. The minimum absolute atomic E-state index is 0.0211. The average Bonchev–Trinajstić information content (AvgIpc) is 2.65. The van der Waals surface area contributed by atoms with Crippen molar-refractivity contribution < 1.29 is 17.9 Å². The molecule has 2 rings (SSSR count). The van der Waals surface area contributed by atoms with Crippen molar-refractivity contribution in [3.05, 3.63) is 54.4 Å². The SMILES string of the molecule is CC(C)Oc1ccc(S(=O)(=O)CCC(=O)N(C)CCc2ccncc2)cc1. The number of benzene rings is 1. The summed E-state index contributed by atoms with van der Waals surface area (Å²) < 4.78 is 30.4. The molecule has 0 aliphatic rings. The fourth-order valence-corrected chi connectivity index (χ4v) is 3.73. The van der Waals surface area contributed by atoms with Crippen LogP contribution >= 0.6 is 0 Å². The van der Waals surface area contributed by atoms with Crippen LogP contribution in [-0.4, -0.2) is 49.7 Å². The average molecular weight is 391 g/mol. The van der Waals surface area contributed by atoms with E-state index in [1.54, 1.807) is 36.5 Å². The summed E-state index contributed by atoms with van der Waals surface area (Å²) in [5, 5.41) is 0. The largest absolute Gasteiger partial charge is 0.491 e. The second-order valence-corrected chi connectivity index (χ2v) is 8.74. The van der Waals surface area contributed by atoms with Gasteiger partial charge in [-0.3, -0.25) is 9.78 Å². The minimum Gasteiger partial charge on any atom is -0.491 e. The Morgan fingerprint density at radius 3 is 2.33 bits per heavy atom. The first-order valence-electron chi connectivity index (χ1n) is 8.90. The molecule has 1 amide bonds. The molecule has 27 heavy (non-hydrogen) atoms. The Morgan fingerprint density at radius 2 is 1.74 bits per heavy atom. The van der Waals surface area contributed by atoms with Gasteiger partial charge in [0.1, 0.15) is 5.75 Å². The predicted molar refractivity (Wildman–Crippen MR) is 104 cm³/mol. The van der Waals surface area contributed by atoms with E-state index in [4.69, 9.17) is 4.74 Å². The predicted octanol–water partition coefficient (Wildman–Crippen LogP) is 2.73. The number of amides is 1. The highest BCUT2D eigenvalue weighted by Gasteiger charge is 2.18. The van der Waals surface area contributed by atoms with Crippen molar-refractivity contribution >= 4 is 15.7 Å². The van der Waals surface area contributed by atoms with Gasteiger partial charge in [-0.25, -0.2) is 8.42 Å². The Balaban J connectivity index is 1.87. The maximum atomic E-state index is 12.5. The summed E-state index contributed by atoms with van der Waals surface area (Å²) in [6.07, 6.45) is 4.10. The van der Waals surface area contributed by atoms with E-state index in [9.17, 15) is 13.2 Å². The monoisotopic (exact) mass is 390 g/mol. The molecule has 0 bridgehead atoms. The van der Waals surface area contributed by atoms with Crippen LogP contribution in [0.25, 0.3) is 0 Å². The molecule has 7 heteroatoms. The molecule has 1 heterocycles. The quantitative estimate of drug-likeness (QED) is 0.658. The number of ether oxygens (including phenoxy) is 1. The van der Waals surface area contributed by atoms with Crippen LogP contribution in [0.15, 0.2) is 53.7 Å². The molecule has 0 radical (unpaired) electrons. The maximum absolute atomic E-state index is 12.5. The van der Waals surface area contributed by atoms with Gasteiger partial charge >= 0.3 is 0 Å². The van der Waals surface area contributed by atoms with Crippen LogP contribution in [0, 0.1) is 0 Å². The van der Waals surface area contributed by atoms with Crippen LogP contribution < -0.4 is 4.74 Å². The Kier molecular flexibility index (Phi) is 7.36. The molecule has 0 fully saturated rings. The Morgan fingerprint density at radius 1 is 1.11 bits per heavy atom. The van der Waals surface area contributed by atoms with Crippen molar-refractivity contribution in [1.82, 2.24) is 9.88 Å². The zero-order valence-corrected chi connectivity index (χ0v) is 16.8. The van der Waals surface area contributed by atoms with E-state index in [1.807, 2.05) is 26.0 Å². The van der Waals surface area contributed by atoms with Crippen LogP contribution in [0.1, 0.15) is 25.8 Å². The highest BCUT2D eigenvalue weighted by molar-refractivity contribution is 7.91. The van der Waals surface area contributed by atoms with Gasteiger partial charge in [0.05, 0.1) is 16.8 Å². The number of aromatic nitrogens is 1. The summed E-state index contributed by atoms with van der Waals surface area (Å²) in [6.45, 7) is 4.34. The number of hydrogen-bond acceptors (Lipinski definition) is 5. The summed E-state index contributed by atoms with van der Waals surface area (Å²) in [5.74, 6) is 0.221. The highest BCUT2D eigenvalue weighted by Crippen LogP contribution is 2.18. The first-order chi connectivity index (χ1) is 12.8. The number of pyridine rings is 1. The van der Waals surface area contributed by atoms with Crippen molar-refractivity contribution in [2.24, 2.45) is 0 Å². The molecule has 0 saturated carbocycles. The highest BCUT2D eigenvalue weighted by atomic mass is 32.2. The van der Waals surface area contributed by atoms with Crippen LogP contribution in [-0.2, 0) is 21.1 Å². The topological polar surface area (TPSA) is 76.6 Å². The minimum atomic E-state index is -3.51. The number of rotatable bonds is 9. The summed E-state index contributed by atoms with van der Waals surface area (Å²) >= 11 is 0. The molecule has 0 aliphatic carbocycles. The molecule has 0 spiro atoms. The fourth-order valence-electron chi connectivity index (χ4n) is 2.50. The van der Waals surface area contributed by atoms with Gasteiger partial charge < -0.3 is 9.64 Å². The Bertz CT molecular complexity index is 834. The molecule has 1 aromatic carbocycles. The van der Waals surface area contributed by atoms with E-state index in [2.05, 4.69) is 4.98 Å². The van der Waals surface area contributed by atoms with E-state index in [-0.39, 0.29) is 29.1 Å². The lowest BCUT2D eigenvalue weighted by atomic mass is 10.2. The van der Waals surface area contributed by atoms with Crippen molar-refractivity contribution in [3.63, 3.8) is 0 Å². The molecule has 0 N–H and O–H groups in total. The second kappa shape index (κ2) is 9.50. The number of sulfone groups is 1. The lowest BCUT2D eigenvalue weighted by Crippen LogP contribution is -2.30. The number of nitrogens with zero attached hydrogens (tertiary/aromatic N) is 2. The van der Waals surface area contributed by atoms with Gasteiger partial charge in [0, 0.05) is 32.4 Å². The normalized spacial score (nSPS) is 11.4. The van der Waals surface area contributed by atoms with Crippen molar-refractivity contribution in [2.45, 2.75) is 37.7 Å². The number of likely N-dealkylation sites (N-methyl/N-ethyl adjacent to an activating group) is 1. The van der Waals surface area contributed by atoms with Crippen molar-refractivity contribution in [3.8, 4) is 5.75 Å². The van der Waals surface area contributed by atoms with Crippen LogP contribution in [0.2, 0.25) is 0 Å². The Labute approximate surface area is 161 Å².